The van der Waals surface area contributed by atoms with Crippen molar-refractivity contribution in [3.8, 4) is 0 Å². The van der Waals surface area contributed by atoms with E-state index in [1.54, 1.807) is 18.0 Å². The van der Waals surface area contributed by atoms with Crippen molar-refractivity contribution in [2.24, 2.45) is 0 Å². The molecule has 2 N–H and O–H groups in total. The number of carbonyl (C=O) groups is 1. The number of benzene rings is 2. The van der Waals surface area contributed by atoms with E-state index in [9.17, 15) is 4.79 Å². The summed E-state index contributed by atoms with van der Waals surface area (Å²) in [7, 11) is 1.77. The number of para-hydroxylation sites is 1. The third kappa shape index (κ3) is 2.60. The molecule has 0 aliphatic heterocycles. The predicted octanol–water partition coefficient (Wildman–Crippen LogP) is 3.16. The smallest absolute Gasteiger partial charge is 0.258 e. The summed E-state index contributed by atoms with van der Waals surface area (Å²) in [6.07, 6.45) is 0. The van der Waals surface area contributed by atoms with Gasteiger partial charge in [-0.1, -0.05) is 24.3 Å². The van der Waals surface area contributed by atoms with Crippen LogP contribution < -0.4 is 10.6 Å². The molecule has 0 radical (unpaired) electrons. The quantitative estimate of drug-likeness (QED) is 0.837. The van der Waals surface area contributed by atoms with Crippen molar-refractivity contribution < 1.29 is 4.79 Å². The molecular formula is C16H18N2O. The first-order valence-electron chi connectivity index (χ1n) is 6.20. The molecule has 98 valence electrons. The number of aryl methyl sites for hydroxylation is 2. The largest absolute Gasteiger partial charge is 0.398 e. The van der Waals surface area contributed by atoms with E-state index in [1.807, 2.05) is 50.2 Å². The normalized spacial score (nSPS) is 10.3. The van der Waals surface area contributed by atoms with Gasteiger partial charge < -0.3 is 10.6 Å². The van der Waals surface area contributed by atoms with Crippen LogP contribution in [-0.2, 0) is 0 Å². The van der Waals surface area contributed by atoms with Crippen molar-refractivity contribution in [3.05, 3.63) is 59.2 Å². The lowest BCUT2D eigenvalue weighted by Crippen LogP contribution is -2.27. The first kappa shape index (κ1) is 13.1. The number of amides is 1. The Labute approximate surface area is 113 Å². The van der Waals surface area contributed by atoms with E-state index in [2.05, 4.69) is 0 Å². The van der Waals surface area contributed by atoms with Gasteiger partial charge >= 0.3 is 0 Å². The van der Waals surface area contributed by atoms with E-state index in [-0.39, 0.29) is 5.91 Å². The van der Waals surface area contributed by atoms with E-state index in [1.165, 1.54) is 0 Å². The van der Waals surface area contributed by atoms with Crippen LogP contribution in [-0.4, -0.2) is 13.0 Å². The number of nitrogen functional groups attached to an aromatic ring is 1. The molecule has 0 fully saturated rings. The maximum Gasteiger partial charge on any atom is 0.258 e. The number of hydrogen-bond donors (Lipinski definition) is 1. The molecule has 0 aliphatic carbocycles. The molecule has 19 heavy (non-hydrogen) atoms. The minimum Gasteiger partial charge on any atom is -0.398 e. The van der Waals surface area contributed by atoms with Crippen molar-refractivity contribution >= 4 is 17.3 Å². The topological polar surface area (TPSA) is 46.3 Å². The summed E-state index contributed by atoms with van der Waals surface area (Å²) in [5.41, 5.74) is 10.00. The van der Waals surface area contributed by atoms with Crippen molar-refractivity contribution in [2.75, 3.05) is 17.7 Å². The highest BCUT2D eigenvalue weighted by molar-refractivity contribution is 6.07. The van der Waals surface area contributed by atoms with Crippen molar-refractivity contribution in [1.29, 1.82) is 0 Å². The Kier molecular flexibility index (Phi) is 3.56. The molecule has 0 saturated carbocycles. The minimum atomic E-state index is -0.0459. The molecule has 0 aliphatic rings. The Morgan fingerprint density at radius 1 is 1.05 bits per heavy atom. The van der Waals surface area contributed by atoms with E-state index in [0.29, 0.717) is 11.3 Å². The maximum absolute atomic E-state index is 12.5. The highest BCUT2D eigenvalue weighted by Crippen LogP contribution is 2.21. The van der Waals surface area contributed by atoms with Gasteiger partial charge in [-0.15, -0.1) is 0 Å². The second-order valence-corrected chi connectivity index (χ2v) is 4.72. The molecule has 0 spiro atoms. The number of nitrogens with zero attached hydrogens (tertiary/aromatic N) is 1. The Balaban J connectivity index is 2.37. The molecule has 1 amide bonds. The van der Waals surface area contributed by atoms with Crippen LogP contribution >= 0.6 is 0 Å². The zero-order valence-electron chi connectivity index (χ0n) is 11.5. The summed E-state index contributed by atoms with van der Waals surface area (Å²) in [5, 5.41) is 0. The van der Waals surface area contributed by atoms with Gasteiger partial charge in [0.15, 0.2) is 0 Å². The standard InChI is InChI=1S/C16H18N2O/c1-11-9-12(2)15(17)10-14(11)16(19)18(3)13-7-5-4-6-8-13/h4-10H,17H2,1-3H3. The van der Waals surface area contributed by atoms with Crippen LogP contribution in [0.3, 0.4) is 0 Å². The molecule has 0 heterocycles. The van der Waals surface area contributed by atoms with Crippen molar-refractivity contribution in [1.82, 2.24) is 0 Å². The van der Waals surface area contributed by atoms with E-state index in [0.717, 1.165) is 16.8 Å². The van der Waals surface area contributed by atoms with Crippen molar-refractivity contribution in [2.45, 2.75) is 13.8 Å². The second-order valence-electron chi connectivity index (χ2n) is 4.72. The summed E-state index contributed by atoms with van der Waals surface area (Å²) in [5.74, 6) is -0.0459. The molecule has 0 unspecified atom stereocenters. The van der Waals surface area contributed by atoms with Crippen LogP contribution in [0.5, 0.6) is 0 Å². The van der Waals surface area contributed by atoms with Gasteiger partial charge in [0, 0.05) is 24.0 Å². The molecule has 0 saturated heterocycles. The first-order valence-corrected chi connectivity index (χ1v) is 6.20. The van der Waals surface area contributed by atoms with Gasteiger partial charge in [0.2, 0.25) is 0 Å². The fraction of sp³-hybridized carbons (Fsp3) is 0.188. The lowest BCUT2D eigenvalue weighted by Gasteiger charge is -2.19. The average molecular weight is 254 g/mol. The van der Waals surface area contributed by atoms with Crippen LogP contribution in [0, 0.1) is 13.8 Å². The number of anilines is 2. The molecule has 0 bridgehead atoms. The molecule has 2 aromatic carbocycles. The molecule has 0 atom stereocenters. The highest BCUT2D eigenvalue weighted by atomic mass is 16.2. The Bertz CT molecular complexity index is 606. The number of rotatable bonds is 2. The van der Waals surface area contributed by atoms with Gasteiger partial charge in [-0.25, -0.2) is 0 Å². The molecule has 3 heteroatoms. The molecule has 0 aromatic heterocycles. The molecular weight excluding hydrogens is 236 g/mol. The number of carbonyl (C=O) groups excluding carboxylic acids is 1. The van der Waals surface area contributed by atoms with E-state index in [4.69, 9.17) is 5.73 Å². The minimum absolute atomic E-state index is 0.0459. The average Bonchev–Trinajstić information content (AvgIpc) is 2.42. The lowest BCUT2D eigenvalue weighted by atomic mass is 10.0. The maximum atomic E-state index is 12.5. The Hall–Kier alpha value is -2.29. The summed E-state index contributed by atoms with van der Waals surface area (Å²) < 4.78 is 0. The monoisotopic (exact) mass is 254 g/mol. The van der Waals surface area contributed by atoms with E-state index < -0.39 is 0 Å². The fourth-order valence-corrected chi connectivity index (χ4v) is 2.05. The van der Waals surface area contributed by atoms with Gasteiger partial charge in [-0.3, -0.25) is 4.79 Å². The van der Waals surface area contributed by atoms with Gasteiger partial charge in [0.1, 0.15) is 0 Å². The third-order valence-corrected chi connectivity index (χ3v) is 3.29. The third-order valence-electron chi connectivity index (χ3n) is 3.29. The van der Waals surface area contributed by atoms with Crippen LogP contribution in [0.15, 0.2) is 42.5 Å². The first-order chi connectivity index (χ1) is 9.00. The summed E-state index contributed by atoms with van der Waals surface area (Å²) >= 11 is 0. The van der Waals surface area contributed by atoms with Crippen LogP contribution in [0.25, 0.3) is 0 Å². The number of hydrogen-bond acceptors (Lipinski definition) is 2. The molecule has 2 aromatic rings. The molecule has 3 nitrogen and oxygen atoms in total. The summed E-state index contributed by atoms with van der Waals surface area (Å²) in [6.45, 7) is 3.87. The SMILES string of the molecule is Cc1cc(C)c(C(=O)N(C)c2ccccc2)cc1N. The van der Waals surface area contributed by atoms with Gasteiger partial charge in [-0.05, 0) is 43.2 Å². The van der Waals surface area contributed by atoms with Crippen LogP contribution in [0.1, 0.15) is 21.5 Å². The molecule has 2 rings (SSSR count). The Morgan fingerprint density at radius 2 is 1.68 bits per heavy atom. The second kappa shape index (κ2) is 5.14. The highest BCUT2D eigenvalue weighted by Gasteiger charge is 2.16. The number of nitrogens with two attached hydrogens (primary N) is 1. The van der Waals surface area contributed by atoms with E-state index >= 15 is 0 Å². The van der Waals surface area contributed by atoms with Crippen LogP contribution in [0.2, 0.25) is 0 Å². The summed E-state index contributed by atoms with van der Waals surface area (Å²) in [4.78, 5) is 14.1. The van der Waals surface area contributed by atoms with Gasteiger partial charge in [-0.2, -0.15) is 0 Å². The zero-order chi connectivity index (χ0) is 14.0. The Morgan fingerprint density at radius 3 is 2.32 bits per heavy atom. The van der Waals surface area contributed by atoms with Gasteiger partial charge in [0.05, 0.1) is 0 Å². The van der Waals surface area contributed by atoms with Crippen molar-refractivity contribution in [3.63, 3.8) is 0 Å². The summed E-state index contributed by atoms with van der Waals surface area (Å²) in [6, 6.07) is 13.3. The fourth-order valence-electron chi connectivity index (χ4n) is 2.05. The predicted molar refractivity (Wildman–Crippen MR) is 79.5 cm³/mol. The lowest BCUT2D eigenvalue weighted by molar-refractivity contribution is 0.0992. The zero-order valence-corrected chi connectivity index (χ0v) is 11.5. The van der Waals surface area contributed by atoms with Crippen LogP contribution in [0.4, 0.5) is 11.4 Å². The van der Waals surface area contributed by atoms with Gasteiger partial charge in [0.25, 0.3) is 5.91 Å².